The average Bonchev–Trinajstić information content (AvgIpc) is 2.87. The largest absolute Gasteiger partial charge is 0.383 e. The van der Waals surface area contributed by atoms with E-state index in [0.717, 1.165) is 17.6 Å². The Labute approximate surface area is 110 Å². The average molecular weight is 251 g/mol. The molecular weight excluding hydrogens is 226 g/mol. The highest BCUT2D eigenvalue weighted by atomic mass is 16.5. The second-order valence-corrected chi connectivity index (χ2v) is 5.58. The number of nitrogens with one attached hydrogen (secondary N) is 1. The van der Waals surface area contributed by atoms with Crippen LogP contribution in [0.4, 0.5) is 5.95 Å². The molecule has 3 unspecified atom stereocenters. The molecule has 2 rings (SSSR count). The molecule has 3 atom stereocenters. The predicted octanol–water partition coefficient (Wildman–Crippen LogP) is 3.00. The zero-order chi connectivity index (χ0) is 13.1. The minimum absolute atomic E-state index is 0.315. The lowest BCUT2D eigenvalue weighted by Crippen LogP contribution is -2.25. The number of anilines is 1. The Morgan fingerprint density at radius 2 is 2.33 bits per heavy atom. The first-order valence-electron chi connectivity index (χ1n) is 6.92. The van der Waals surface area contributed by atoms with Gasteiger partial charge in [-0.25, -0.2) is 4.98 Å². The molecule has 4 nitrogen and oxygen atoms in total. The summed E-state index contributed by atoms with van der Waals surface area (Å²) in [5, 5.41) is 3.62. The van der Waals surface area contributed by atoms with E-state index in [4.69, 9.17) is 4.74 Å². The summed E-state index contributed by atoms with van der Waals surface area (Å²) in [5.74, 6) is 1.74. The van der Waals surface area contributed by atoms with Crippen molar-refractivity contribution in [3.8, 4) is 0 Å². The number of aromatic nitrogens is 2. The Morgan fingerprint density at radius 3 is 2.94 bits per heavy atom. The molecule has 1 saturated carbocycles. The van der Waals surface area contributed by atoms with E-state index in [-0.39, 0.29) is 0 Å². The highest BCUT2D eigenvalue weighted by Gasteiger charge is 2.25. The van der Waals surface area contributed by atoms with Gasteiger partial charge in [-0.1, -0.05) is 13.3 Å². The summed E-state index contributed by atoms with van der Waals surface area (Å²) in [4.78, 5) is 4.61. The zero-order valence-corrected chi connectivity index (χ0v) is 11.9. The van der Waals surface area contributed by atoms with E-state index in [9.17, 15) is 0 Å². The first-order chi connectivity index (χ1) is 8.61. The smallest absolute Gasteiger partial charge is 0.203 e. The summed E-state index contributed by atoms with van der Waals surface area (Å²) in [5.41, 5.74) is 1.06. The third kappa shape index (κ3) is 2.86. The number of imidazole rings is 1. The molecule has 4 heteroatoms. The molecule has 1 heterocycles. The van der Waals surface area contributed by atoms with Crippen LogP contribution in [0.1, 0.15) is 44.8 Å². The van der Waals surface area contributed by atoms with Crippen molar-refractivity contribution in [2.75, 3.05) is 19.0 Å². The third-order valence-corrected chi connectivity index (χ3v) is 3.91. The van der Waals surface area contributed by atoms with Crippen LogP contribution in [-0.4, -0.2) is 29.3 Å². The van der Waals surface area contributed by atoms with E-state index >= 15 is 0 Å². The maximum Gasteiger partial charge on any atom is 0.203 e. The predicted molar refractivity (Wildman–Crippen MR) is 74.0 cm³/mol. The quantitative estimate of drug-likeness (QED) is 0.874. The van der Waals surface area contributed by atoms with Gasteiger partial charge in [-0.15, -0.1) is 0 Å². The minimum atomic E-state index is 0.315. The highest BCUT2D eigenvalue weighted by Crippen LogP contribution is 2.28. The van der Waals surface area contributed by atoms with E-state index in [1.165, 1.54) is 19.3 Å². The fraction of sp³-hybridized carbons (Fsp3) is 0.786. The van der Waals surface area contributed by atoms with Crippen molar-refractivity contribution in [2.45, 2.75) is 52.1 Å². The lowest BCUT2D eigenvalue weighted by atomic mass is 10.1. The molecule has 1 aliphatic carbocycles. The van der Waals surface area contributed by atoms with Crippen molar-refractivity contribution in [1.82, 2.24) is 9.55 Å². The number of rotatable bonds is 5. The Hall–Kier alpha value is -1.03. The number of methoxy groups -OCH3 is 1. The van der Waals surface area contributed by atoms with Crippen molar-refractivity contribution >= 4 is 5.95 Å². The lowest BCUT2D eigenvalue weighted by molar-refractivity contribution is 0.163. The molecule has 0 amide bonds. The molecule has 0 radical (unpaired) electrons. The molecular formula is C14H25N3O. The maximum absolute atomic E-state index is 5.24. The highest BCUT2D eigenvalue weighted by molar-refractivity contribution is 5.31. The van der Waals surface area contributed by atoms with Crippen LogP contribution in [0, 0.1) is 12.8 Å². The Kier molecular flexibility index (Phi) is 4.27. The summed E-state index contributed by atoms with van der Waals surface area (Å²) in [6.45, 7) is 7.24. The molecule has 1 fully saturated rings. The van der Waals surface area contributed by atoms with Gasteiger partial charge in [0.15, 0.2) is 0 Å². The first kappa shape index (κ1) is 13.4. The summed E-state index contributed by atoms with van der Waals surface area (Å²) in [6, 6.07) is 0.885. The van der Waals surface area contributed by atoms with Gasteiger partial charge < -0.3 is 14.6 Å². The fourth-order valence-corrected chi connectivity index (χ4v) is 2.81. The van der Waals surface area contributed by atoms with Crippen molar-refractivity contribution in [2.24, 2.45) is 5.92 Å². The van der Waals surface area contributed by atoms with Gasteiger partial charge in [-0.05, 0) is 32.6 Å². The molecule has 0 bridgehead atoms. The van der Waals surface area contributed by atoms with Gasteiger partial charge in [-0.2, -0.15) is 0 Å². The van der Waals surface area contributed by atoms with E-state index in [1.54, 1.807) is 7.11 Å². The second kappa shape index (κ2) is 5.74. The van der Waals surface area contributed by atoms with Crippen molar-refractivity contribution < 1.29 is 4.74 Å². The Balaban J connectivity index is 2.11. The van der Waals surface area contributed by atoms with Crippen LogP contribution in [0.2, 0.25) is 0 Å². The van der Waals surface area contributed by atoms with Gasteiger partial charge in [0.1, 0.15) is 0 Å². The number of aryl methyl sites for hydroxylation is 1. The standard InChI is InChI=1S/C14H25N3O/c1-10-6-5-7-13(10)16-14-15-11(2)8-17(14)12(3)9-18-4/h8,10,12-13H,5-7,9H2,1-4H3,(H,15,16). The topological polar surface area (TPSA) is 39.1 Å². The Bertz CT molecular complexity index is 388. The number of nitrogens with zero attached hydrogens (tertiary/aromatic N) is 2. The summed E-state index contributed by atoms with van der Waals surface area (Å²) >= 11 is 0. The van der Waals surface area contributed by atoms with E-state index in [2.05, 4.69) is 34.9 Å². The monoisotopic (exact) mass is 251 g/mol. The molecule has 0 aliphatic heterocycles. The summed E-state index contributed by atoms with van der Waals surface area (Å²) in [6.07, 6.45) is 6.01. The van der Waals surface area contributed by atoms with Crippen LogP contribution in [0.3, 0.4) is 0 Å². The SMILES string of the molecule is COCC(C)n1cc(C)nc1NC1CCCC1C. The van der Waals surface area contributed by atoms with Crippen LogP contribution in [-0.2, 0) is 4.74 Å². The van der Waals surface area contributed by atoms with Crippen LogP contribution < -0.4 is 5.32 Å². The van der Waals surface area contributed by atoms with Gasteiger partial charge in [0, 0.05) is 19.3 Å². The Morgan fingerprint density at radius 1 is 1.56 bits per heavy atom. The first-order valence-corrected chi connectivity index (χ1v) is 6.92. The van der Waals surface area contributed by atoms with Crippen molar-refractivity contribution in [1.29, 1.82) is 0 Å². The summed E-state index contributed by atoms with van der Waals surface area (Å²) in [7, 11) is 1.74. The van der Waals surface area contributed by atoms with Gasteiger partial charge in [0.05, 0.1) is 18.3 Å². The number of hydrogen-bond acceptors (Lipinski definition) is 3. The molecule has 0 aromatic carbocycles. The molecule has 0 spiro atoms. The molecule has 1 N–H and O–H groups in total. The van der Waals surface area contributed by atoms with Crippen LogP contribution in [0.15, 0.2) is 6.20 Å². The van der Waals surface area contributed by atoms with E-state index in [1.807, 2.05) is 6.92 Å². The third-order valence-electron chi connectivity index (χ3n) is 3.91. The van der Waals surface area contributed by atoms with Crippen molar-refractivity contribution in [3.63, 3.8) is 0 Å². The van der Waals surface area contributed by atoms with Crippen molar-refractivity contribution in [3.05, 3.63) is 11.9 Å². The number of hydrogen-bond donors (Lipinski definition) is 1. The fourth-order valence-electron chi connectivity index (χ4n) is 2.81. The van der Waals surface area contributed by atoms with Crippen LogP contribution >= 0.6 is 0 Å². The summed E-state index contributed by atoms with van der Waals surface area (Å²) < 4.78 is 7.44. The molecule has 0 saturated heterocycles. The minimum Gasteiger partial charge on any atom is -0.383 e. The maximum atomic E-state index is 5.24. The molecule has 1 aromatic rings. The molecule has 102 valence electrons. The molecule has 1 aliphatic rings. The van der Waals surface area contributed by atoms with Gasteiger partial charge in [0.2, 0.25) is 5.95 Å². The van der Waals surface area contributed by atoms with Gasteiger partial charge in [0.25, 0.3) is 0 Å². The van der Waals surface area contributed by atoms with E-state index < -0.39 is 0 Å². The lowest BCUT2D eigenvalue weighted by Gasteiger charge is -2.21. The zero-order valence-electron chi connectivity index (χ0n) is 11.9. The normalized spacial score (nSPS) is 25.3. The molecule has 1 aromatic heterocycles. The second-order valence-electron chi connectivity index (χ2n) is 5.58. The van der Waals surface area contributed by atoms with Crippen LogP contribution in [0.5, 0.6) is 0 Å². The van der Waals surface area contributed by atoms with Gasteiger partial charge >= 0.3 is 0 Å². The van der Waals surface area contributed by atoms with Gasteiger partial charge in [-0.3, -0.25) is 0 Å². The molecule has 18 heavy (non-hydrogen) atoms. The van der Waals surface area contributed by atoms with Crippen LogP contribution in [0.25, 0.3) is 0 Å². The number of ether oxygens (including phenoxy) is 1. The van der Waals surface area contributed by atoms with E-state index in [0.29, 0.717) is 18.7 Å².